The Hall–Kier alpha value is -3.48. The second-order valence-electron chi connectivity index (χ2n) is 7.23. The lowest BCUT2D eigenvalue weighted by atomic mass is 10.1. The topological polar surface area (TPSA) is 84.0 Å². The Morgan fingerprint density at radius 1 is 0.931 bits per heavy atom. The zero-order valence-corrected chi connectivity index (χ0v) is 16.0. The van der Waals surface area contributed by atoms with Gasteiger partial charge in [-0.1, -0.05) is 18.2 Å². The van der Waals surface area contributed by atoms with E-state index in [1.165, 1.54) is 0 Å². The van der Waals surface area contributed by atoms with E-state index in [0.717, 1.165) is 16.2 Å². The molecule has 0 spiro atoms. The summed E-state index contributed by atoms with van der Waals surface area (Å²) in [5.74, 6) is -1.30. The number of para-hydroxylation sites is 1. The molecule has 2 aliphatic heterocycles. The summed E-state index contributed by atoms with van der Waals surface area (Å²) in [6.45, 7) is 2.20. The molecule has 1 unspecified atom stereocenters. The number of hydrogen-bond acceptors (Lipinski definition) is 5. The van der Waals surface area contributed by atoms with Crippen molar-refractivity contribution < 1.29 is 23.9 Å². The van der Waals surface area contributed by atoms with Crippen LogP contribution in [0.4, 0.5) is 11.4 Å². The van der Waals surface area contributed by atoms with Crippen LogP contribution < -0.4 is 14.5 Å². The van der Waals surface area contributed by atoms with Gasteiger partial charge in [0.15, 0.2) is 0 Å². The van der Waals surface area contributed by atoms with Crippen LogP contribution in [0.25, 0.3) is 0 Å². The number of anilines is 2. The lowest BCUT2D eigenvalue weighted by Gasteiger charge is -2.18. The molecule has 0 saturated carbocycles. The van der Waals surface area contributed by atoms with Gasteiger partial charge in [-0.05, 0) is 42.8 Å². The van der Waals surface area contributed by atoms with Crippen LogP contribution in [0.2, 0.25) is 0 Å². The Morgan fingerprint density at radius 3 is 2.24 bits per heavy atom. The number of imide groups is 1. The molecule has 2 aromatic rings. The lowest BCUT2D eigenvalue weighted by Crippen LogP contribution is -2.28. The van der Waals surface area contributed by atoms with E-state index in [0.29, 0.717) is 11.4 Å². The highest BCUT2D eigenvalue weighted by atomic mass is 16.5. The van der Waals surface area contributed by atoms with Crippen molar-refractivity contribution >= 4 is 35.1 Å². The molecule has 1 atom stereocenters. The van der Waals surface area contributed by atoms with Crippen molar-refractivity contribution in [3.05, 3.63) is 54.1 Å². The van der Waals surface area contributed by atoms with Gasteiger partial charge in [-0.3, -0.25) is 24.1 Å². The number of esters is 1. The number of carbonyl (C=O) groups is 4. The summed E-state index contributed by atoms with van der Waals surface area (Å²) in [4.78, 5) is 51.3. The number of carbonyl (C=O) groups excluding carboxylic acids is 4. The van der Waals surface area contributed by atoms with Crippen molar-refractivity contribution in [1.29, 1.82) is 0 Å². The maximum absolute atomic E-state index is 12.5. The first-order chi connectivity index (χ1) is 13.9. The maximum Gasteiger partial charge on any atom is 0.316 e. The molecule has 2 saturated heterocycles. The third-order valence-electron chi connectivity index (χ3n) is 5.23. The van der Waals surface area contributed by atoms with Crippen molar-refractivity contribution in [3.63, 3.8) is 0 Å². The van der Waals surface area contributed by atoms with Gasteiger partial charge in [0.2, 0.25) is 17.7 Å². The van der Waals surface area contributed by atoms with Crippen LogP contribution in [-0.4, -0.2) is 30.2 Å². The van der Waals surface area contributed by atoms with Crippen LogP contribution in [0, 0.1) is 12.8 Å². The highest BCUT2D eigenvalue weighted by Gasteiger charge is 2.37. The van der Waals surface area contributed by atoms with Crippen LogP contribution >= 0.6 is 0 Å². The molecule has 29 heavy (non-hydrogen) atoms. The molecule has 3 amide bonds. The summed E-state index contributed by atoms with van der Waals surface area (Å²) in [6.07, 6.45) is 0.521. The number of nitrogens with zero attached hydrogens (tertiary/aromatic N) is 2. The number of hydrogen-bond donors (Lipinski definition) is 0. The zero-order chi connectivity index (χ0) is 20.5. The molecule has 148 valence electrons. The lowest BCUT2D eigenvalue weighted by molar-refractivity contribution is -0.139. The molecular formula is C22H20N2O5. The predicted molar refractivity (Wildman–Crippen MR) is 105 cm³/mol. The number of amides is 3. The molecule has 0 bridgehead atoms. The summed E-state index contributed by atoms with van der Waals surface area (Å²) < 4.78 is 5.43. The standard InChI is InChI=1S/C22H20N2O5/c1-14-4-2-3-5-18(14)23-13-15(12-21(23)27)22(28)29-17-8-6-16(7-9-17)24-19(25)10-11-20(24)26/h2-9,15H,10-13H2,1H3. The SMILES string of the molecule is Cc1ccccc1N1CC(C(=O)Oc2ccc(N3C(=O)CCC3=O)cc2)CC1=O. The van der Waals surface area contributed by atoms with E-state index >= 15 is 0 Å². The second-order valence-corrected chi connectivity index (χ2v) is 7.23. The number of rotatable bonds is 4. The highest BCUT2D eigenvalue weighted by molar-refractivity contribution is 6.19. The fourth-order valence-electron chi connectivity index (χ4n) is 3.69. The second kappa shape index (κ2) is 7.50. The quantitative estimate of drug-likeness (QED) is 0.454. The summed E-state index contributed by atoms with van der Waals surface area (Å²) in [7, 11) is 0. The average molecular weight is 392 g/mol. The average Bonchev–Trinajstić information content (AvgIpc) is 3.25. The van der Waals surface area contributed by atoms with Gasteiger partial charge >= 0.3 is 5.97 Å². The Bertz CT molecular complexity index is 983. The monoisotopic (exact) mass is 392 g/mol. The van der Waals surface area contributed by atoms with Crippen LogP contribution in [-0.2, 0) is 19.2 Å². The number of aryl methyl sites for hydroxylation is 1. The van der Waals surface area contributed by atoms with Gasteiger partial charge in [-0.15, -0.1) is 0 Å². The van der Waals surface area contributed by atoms with E-state index in [1.807, 2.05) is 31.2 Å². The normalized spacial score (nSPS) is 19.2. The van der Waals surface area contributed by atoms with Crippen LogP contribution in [0.15, 0.2) is 48.5 Å². The summed E-state index contributed by atoms with van der Waals surface area (Å²) in [6, 6.07) is 13.8. The van der Waals surface area contributed by atoms with Gasteiger partial charge in [0.25, 0.3) is 0 Å². The minimum absolute atomic E-state index is 0.0992. The molecule has 0 N–H and O–H groups in total. The molecule has 4 rings (SSSR count). The first kappa shape index (κ1) is 18.9. The van der Waals surface area contributed by atoms with E-state index in [1.54, 1.807) is 29.2 Å². The molecule has 7 heteroatoms. The van der Waals surface area contributed by atoms with Gasteiger partial charge < -0.3 is 9.64 Å². The third kappa shape index (κ3) is 3.63. The van der Waals surface area contributed by atoms with Gasteiger partial charge in [0.05, 0.1) is 11.6 Å². The zero-order valence-electron chi connectivity index (χ0n) is 16.0. The summed E-state index contributed by atoms with van der Waals surface area (Å²) >= 11 is 0. The van der Waals surface area contributed by atoms with E-state index in [2.05, 4.69) is 0 Å². The Morgan fingerprint density at radius 2 is 1.59 bits per heavy atom. The fraction of sp³-hybridized carbons (Fsp3) is 0.273. The molecule has 0 aliphatic carbocycles. The van der Waals surface area contributed by atoms with Crippen LogP contribution in [0.1, 0.15) is 24.8 Å². The predicted octanol–water partition coefficient (Wildman–Crippen LogP) is 2.61. The van der Waals surface area contributed by atoms with Crippen molar-refractivity contribution in [1.82, 2.24) is 0 Å². The van der Waals surface area contributed by atoms with Gasteiger partial charge in [0, 0.05) is 31.5 Å². The summed E-state index contributed by atoms with van der Waals surface area (Å²) in [5.41, 5.74) is 2.23. The Kier molecular flexibility index (Phi) is 4.88. The molecule has 2 aromatic carbocycles. The largest absolute Gasteiger partial charge is 0.426 e. The number of ether oxygens (including phenoxy) is 1. The van der Waals surface area contributed by atoms with Crippen molar-refractivity contribution in [2.75, 3.05) is 16.3 Å². The third-order valence-corrected chi connectivity index (χ3v) is 5.23. The molecule has 2 fully saturated rings. The van der Waals surface area contributed by atoms with Crippen LogP contribution in [0.5, 0.6) is 5.75 Å². The first-order valence-corrected chi connectivity index (χ1v) is 9.47. The Balaban J connectivity index is 1.42. The van der Waals surface area contributed by atoms with Crippen molar-refractivity contribution in [2.45, 2.75) is 26.2 Å². The Labute approximate surface area is 167 Å². The molecule has 7 nitrogen and oxygen atoms in total. The van der Waals surface area contributed by atoms with Gasteiger partial charge in [-0.2, -0.15) is 0 Å². The fourth-order valence-corrected chi connectivity index (χ4v) is 3.69. The van der Waals surface area contributed by atoms with Gasteiger partial charge in [-0.25, -0.2) is 0 Å². The number of benzene rings is 2. The van der Waals surface area contributed by atoms with E-state index in [9.17, 15) is 19.2 Å². The van der Waals surface area contributed by atoms with E-state index in [4.69, 9.17) is 4.74 Å². The molecule has 2 aliphatic rings. The highest BCUT2D eigenvalue weighted by Crippen LogP contribution is 2.29. The smallest absolute Gasteiger partial charge is 0.316 e. The van der Waals surface area contributed by atoms with Crippen molar-refractivity contribution in [2.24, 2.45) is 5.92 Å². The van der Waals surface area contributed by atoms with Crippen LogP contribution in [0.3, 0.4) is 0 Å². The minimum Gasteiger partial charge on any atom is -0.426 e. The maximum atomic E-state index is 12.5. The van der Waals surface area contributed by atoms with Gasteiger partial charge in [0.1, 0.15) is 5.75 Å². The molecular weight excluding hydrogens is 372 g/mol. The van der Waals surface area contributed by atoms with E-state index in [-0.39, 0.29) is 43.5 Å². The first-order valence-electron chi connectivity index (χ1n) is 9.47. The minimum atomic E-state index is -0.552. The van der Waals surface area contributed by atoms with Crippen molar-refractivity contribution in [3.8, 4) is 5.75 Å². The van der Waals surface area contributed by atoms with E-state index < -0.39 is 11.9 Å². The molecule has 0 radical (unpaired) electrons. The molecule has 0 aromatic heterocycles. The molecule has 2 heterocycles. The summed E-state index contributed by atoms with van der Waals surface area (Å²) in [5, 5.41) is 0.